The number of rotatable bonds is 5. The fraction of sp³-hybridized carbons (Fsp3) is 0.500. The molecule has 0 radical (unpaired) electrons. The molecular weight excluding hydrogens is 214 g/mol. The van der Waals surface area contributed by atoms with E-state index in [4.69, 9.17) is 0 Å². The van der Waals surface area contributed by atoms with Crippen LogP contribution >= 0.6 is 0 Å². The van der Waals surface area contributed by atoms with E-state index in [9.17, 15) is 0 Å². The highest BCUT2D eigenvalue weighted by Gasteiger charge is 2.11. The summed E-state index contributed by atoms with van der Waals surface area (Å²) in [5, 5.41) is 0. The Hall–Kier alpha value is -1.78. The lowest BCUT2D eigenvalue weighted by Gasteiger charge is -2.22. The van der Waals surface area contributed by atoms with Crippen LogP contribution in [0.1, 0.15) is 26.7 Å². The zero-order valence-electron chi connectivity index (χ0n) is 10.3. The molecule has 0 N–H and O–H groups in total. The average molecular weight is 231 g/mol. The molecule has 5 heteroatoms. The Kier molecular flexibility index (Phi) is 3.80. The molecule has 2 aromatic rings. The van der Waals surface area contributed by atoms with E-state index < -0.39 is 0 Å². The molecule has 0 spiro atoms. The van der Waals surface area contributed by atoms with Crippen LogP contribution in [-0.4, -0.2) is 33.0 Å². The Morgan fingerprint density at radius 3 is 2.47 bits per heavy atom. The second-order valence-electron chi connectivity index (χ2n) is 3.94. The highest BCUT2D eigenvalue weighted by molar-refractivity contribution is 5.84. The first-order valence-corrected chi connectivity index (χ1v) is 6.02. The Morgan fingerprint density at radius 1 is 1.00 bits per heavy atom. The summed E-state index contributed by atoms with van der Waals surface area (Å²) in [4.78, 5) is 19.1. The molecular formula is C12H17N5. The van der Waals surface area contributed by atoms with Crippen LogP contribution in [0.25, 0.3) is 11.0 Å². The van der Waals surface area contributed by atoms with Crippen molar-refractivity contribution in [1.82, 2.24) is 19.9 Å². The third kappa shape index (κ3) is 2.49. The fourth-order valence-corrected chi connectivity index (χ4v) is 1.89. The van der Waals surface area contributed by atoms with Crippen molar-refractivity contribution in [2.45, 2.75) is 26.7 Å². The van der Waals surface area contributed by atoms with Gasteiger partial charge in [-0.15, -0.1) is 0 Å². The minimum atomic E-state index is 0.801. The topological polar surface area (TPSA) is 54.8 Å². The maximum Gasteiger partial charge on any atom is 0.158 e. The molecule has 90 valence electrons. The van der Waals surface area contributed by atoms with Crippen LogP contribution in [0, 0.1) is 0 Å². The SMILES string of the molecule is CCCN(CCC)c1ncnc2cncnc12. The first kappa shape index (κ1) is 11.7. The zero-order chi connectivity index (χ0) is 12.1. The van der Waals surface area contributed by atoms with Gasteiger partial charge in [-0.1, -0.05) is 13.8 Å². The first-order valence-electron chi connectivity index (χ1n) is 6.02. The summed E-state index contributed by atoms with van der Waals surface area (Å²) in [7, 11) is 0. The lowest BCUT2D eigenvalue weighted by molar-refractivity contribution is 0.735. The van der Waals surface area contributed by atoms with Crippen molar-refractivity contribution in [3.05, 3.63) is 18.9 Å². The Morgan fingerprint density at radius 2 is 1.76 bits per heavy atom. The van der Waals surface area contributed by atoms with Gasteiger partial charge in [-0.05, 0) is 12.8 Å². The van der Waals surface area contributed by atoms with Crippen LogP contribution in [0.3, 0.4) is 0 Å². The van der Waals surface area contributed by atoms with Crippen LogP contribution < -0.4 is 4.90 Å². The van der Waals surface area contributed by atoms with Crippen molar-refractivity contribution in [2.75, 3.05) is 18.0 Å². The predicted octanol–water partition coefficient (Wildman–Crippen LogP) is 2.05. The van der Waals surface area contributed by atoms with E-state index in [1.54, 1.807) is 18.9 Å². The number of aromatic nitrogens is 4. The van der Waals surface area contributed by atoms with Gasteiger partial charge >= 0.3 is 0 Å². The van der Waals surface area contributed by atoms with E-state index in [0.29, 0.717) is 0 Å². The predicted molar refractivity (Wildman–Crippen MR) is 67.9 cm³/mol. The van der Waals surface area contributed by atoms with Gasteiger partial charge in [0.15, 0.2) is 5.82 Å². The highest BCUT2D eigenvalue weighted by atomic mass is 15.2. The Bertz CT molecular complexity index is 474. The summed E-state index contributed by atoms with van der Waals surface area (Å²) in [6, 6.07) is 0. The van der Waals surface area contributed by atoms with E-state index in [-0.39, 0.29) is 0 Å². The maximum absolute atomic E-state index is 4.37. The van der Waals surface area contributed by atoms with Crippen molar-refractivity contribution in [2.24, 2.45) is 0 Å². The largest absolute Gasteiger partial charge is 0.355 e. The molecule has 0 aliphatic heterocycles. The van der Waals surface area contributed by atoms with E-state index in [0.717, 1.165) is 42.8 Å². The highest BCUT2D eigenvalue weighted by Crippen LogP contribution is 2.19. The molecule has 0 fully saturated rings. The van der Waals surface area contributed by atoms with Crippen LogP contribution in [0.2, 0.25) is 0 Å². The van der Waals surface area contributed by atoms with Crippen molar-refractivity contribution in [3.8, 4) is 0 Å². The molecule has 0 aromatic carbocycles. The summed E-state index contributed by atoms with van der Waals surface area (Å²) in [6.45, 7) is 6.32. The second-order valence-corrected chi connectivity index (χ2v) is 3.94. The van der Waals surface area contributed by atoms with Crippen molar-refractivity contribution in [3.63, 3.8) is 0 Å². The molecule has 5 nitrogen and oxygen atoms in total. The molecule has 0 amide bonds. The number of hydrogen-bond acceptors (Lipinski definition) is 5. The molecule has 0 saturated heterocycles. The molecule has 0 saturated carbocycles. The van der Waals surface area contributed by atoms with Gasteiger partial charge in [0.1, 0.15) is 23.7 Å². The Balaban J connectivity index is 2.44. The van der Waals surface area contributed by atoms with E-state index in [1.165, 1.54) is 0 Å². The molecule has 2 rings (SSSR count). The minimum Gasteiger partial charge on any atom is -0.355 e. The van der Waals surface area contributed by atoms with E-state index in [1.807, 2.05) is 0 Å². The summed E-state index contributed by atoms with van der Waals surface area (Å²) in [5.74, 6) is 0.918. The third-order valence-corrected chi connectivity index (χ3v) is 2.57. The van der Waals surface area contributed by atoms with Gasteiger partial charge in [0, 0.05) is 13.1 Å². The van der Waals surface area contributed by atoms with Crippen LogP contribution in [0.15, 0.2) is 18.9 Å². The number of nitrogens with zero attached hydrogens (tertiary/aromatic N) is 5. The van der Waals surface area contributed by atoms with E-state index >= 15 is 0 Å². The average Bonchev–Trinajstić information content (AvgIpc) is 2.38. The van der Waals surface area contributed by atoms with Crippen molar-refractivity contribution in [1.29, 1.82) is 0 Å². The summed E-state index contributed by atoms with van der Waals surface area (Å²) in [5.41, 5.74) is 1.64. The van der Waals surface area contributed by atoms with Crippen LogP contribution in [0.5, 0.6) is 0 Å². The van der Waals surface area contributed by atoms with Gasteiger partial charge in [-0.2, -0.15) is 0 Å². The first-order chi connectivity index (χ1) is 8.36. The lowest BCUT2D eigenvalue weighted by Crippen LogP contribution is -2.26. The van der Waals surface area contributed by atoms with Gasteiger partial charge in [0.05, 0.1) is 6.20 Å². The van der Waals surface area contributed by atoms with Gasteiger partial charge in [-0.3, -0.25) is 0 Å². The third-order valence-electron chi connectivity index (χ3n) is 2.57. The molecule has 2 aromatic heterocycles. The summed E-state index contributed by atoms with van der Waals surface area (Å²) in [6.07, 6.45) is 7.04. The molecule has 0 bridgehead atoms. The standard InChI is InChI=1S/C12H17N5/c1-3-5-17(6-4-2)12-11-10(14-9-16-12)7-13-8-15-11/h7-9H,3-6H2,1-2H3. The van der Waals surface area contributed by atoms with Gasteiger partial charge in [0.25, 0.3) is 0 Å². The minimum absolute atomic E-state index is 0.801. The van der Waals surface area contributed by atoms with Gasteiger partial charge in [0.2, 0.25) is 0 Å². The Labute approximate surface area is 101 Å². The van der Waals surface area contributed by atoms with Crippen molar-refractivity contribution >= 4 is 16.9 Å². The number of anilines is 1. The molecule has 0 aliphatic carbocycles. The summed E-state index contributed by atoms with van der Waals surface area (Å²) >= 11 is 0. The van der Waals surface area contributed by atoms with Crippen LogP contribution in [0.4, 0.5) is 5.82 Å². The number of fused-ring (bicyclic) bond motifs is 1. The smallest absolute Gasteiger partial charge is 0.158 e. The molecule has 0 unspecified atom stereocenters. The summed E-state index contributed by atoms with van der Waals surface area (Å²) < 4.78 is 0. The maximum atomic E-state index is 4.37. The number of hydrogen-bond donors (Lipinski definition) is 0. The van der Waals surface area contributed by atoms with Crippen LogP contribution in [-0.2, 0) is 0 Å². The monoisotopic (exact) mass is 231 g/mol. The normalized spacial score (nSPS) is 10.7. The van der Waals surface area contributed by atoms with Gasteiger partial charge in [-0.25, -0.2) is 19.9 Å². The van der Waals surface area contributed by atoms with E-state index in [2.05, 4.69) is 38.7 Å². The molecule has 0 atom stereocenters. The molecule has 2 heterocycles. The zero-order valence-corrected chi connectivity index (χ0v) is 10.3. The fourth-order valence-electron chi connectivity index (χ4n) is 1.89. The molecule has 17 heavy (non-hydrogen) atoms. The lowest BCUT2D eigenvalue weighted by atomic mass is 10.3. The second kappa shape index (κ2) is 5.52. The quantitative estimate of drug-likeness (QED) is 0.788. The van der Waals surface area contributed by atoms with Crippen molar-refractivity contribution < 1.29 is 0 Å². The molecule has 0 aliphatic rings. The van der Waals surface area contributed by atoms with Gasteiger partial charge < -0.3 is 4.90 Å².